The molecule has 5 heteroatoms. The van der Waals surface area contributed by atoms with E-state index in [1.54, 1.807) is 6.92 Å². The van der Waals surface area contributed by atoms with Gasteiger partial charge < -0.3 is 16.0 Å². The molecule has 0 aliphatic heterocycles. The van der Waals surface area contributed by atoms with E-state index in [4.69, 9.17) is 0 Å². The lowest BCUT2D eigenvalue weighted by atomic mass is 9.79. The minimum absolute atomic E-state index is 0.0485. The van der Waals surface area contributed by atoms with Crippen LogP contribution < -0.4 is 16.0 Å². The van der Waals surface area contributed by atoms with Crippen LogP contribution in [0.5, 0.6) is 0 Å². The number of nitrogens with one attached hydrogen (secondary N) is 3. The highest BCUT2D eigenvalue weighted by Gasteiger charge is 2.33. The molecular formula is C15H29N3O2. The summed E-state index contributed by atoms with van der Waals surface area (Å²) in [5.41, 5.74) is -0.0867. The van der Waals surface area contributed by atoms with Gasteiger partial charge in [0.15, 0.2) is 0 Å². The van der Waals surface area contributed by atoms with Gasteiger partial charge in [-0.15, -0.1) is 0 Å². The van der Waals surface area contributed by atoms with Crippen LogP contribution in [0.1, 0.15) is 59.3 Å². The van der Waals surface area contributed by atoms with Gasteiger partial charge in [-0.05, 0) is 40.7 Å². The van der Waals surface area contributed by atoms with E-state index in [-0.39, 0.29) is 23.4 Å². The van der Waals surface area contributed by atoms with E-state index in [1.165, 1.54) is 6.42 Å². The molecule has 116 valence electrons. The van der Waals surface area contributed by atoms with Gasteiger partial charge in [-0.2, -0.15) is 0 Å². The summed E-state index contributed by atoms with van der Waals surface area (Å²) in [4.78, 5) is 23.9. The molecule has 0 aromatic carbocycles. The van der Waals surface area contributed by atoms with Crippen LogP contribution >= 0.6 is 0 Å². The van der Waals surface area contributed by atoms with Crippen molar-refractivity contribution in [3.8, 4) is 0 Å². The maximum atomic E-state index is 12.1. The van der Waals surface area contributed by atoms with Crippen molar-refractivity contribution in [1.82, 2.24) is 16.0 Å². The predicted molar refractivity (Wildman–Crippen MR) is 80.4 cm³/mol. The standard InChI is InChI=1S/C15H29N3O2/c1-11(2)17-14(20)12(3)18-13(19)10-15(16-4)8-6-5-7-9-15/h11-12,16H,5-10H2,1-4H3,(H,17,20)(H,18,19). The number of hydrogen-bond acceptors (Lipinski definition) is 3. The molecule has 0 spiro atoms. The fraction of sp³-hybridized carbons (Fsp3) is 0.867. The summed E-state index contributed by atoms with van der Waals surface area (Å²) in [5, 5.41) is 8.93. The molecule has 1 rings (SSSR count). The average molecular weight is 283 g/mol. The largest absolute Gasteiger partial charge is 0.352 e. The molecule has 1 aliphatic carbocycles. The van der Waals surface area contributed by atoms with Crippen molar-refractivity contribution in [3.05, 3.63) is 0 Å². The molecule has 0 aromatic rings. The highest BCUT2D eigenvalue weighted by atomic mass is 16.2. The molecule has 1 atom stereocenters. The van der Waals surface area contributed by atoms with Gasteiger partial charge in [0.05, 0.1) is 0 Å². The number of carbonyl (C=O) groups excluding carboxylic acids is 2. The van der Waals surface area contributed by atoms with E-state index >= 15 is 0 Å². The number of amides is 2. The summed E-state index contributed by atoms with van der Waals surface area (Å²) in [5.74, 6) is -0.178. The molecule has 3 N–H and O–H groups in total. The summed E-state index contributed by atoms with van der Waals surface area (Å²) in [6.45, 7) is 5.54. The molecule has 5 nitrogen and oxygen atoms in total. The normalized spacial score (nSPS) is 19.4. The van der Waals surface area contributed by atoms with E-state index in [0.717, 1.165) is 25.7 Å². The highest BCUT2D eigenvalue weighted by Crippen LogP contribution is 2.30. The molecule has 0 saturated heterocycles. The maximum Gasteiger partial charge on any atom is 0.242 e. The number of hydrogen-bond donors (Lipinski definition) is 3. The predicted octanol–water partition coefficient (Wildman–Crippen LogP) is 1.33. The van der Waals surface area contributed by atoms with Gasteiger partial charge >= 0.3 is 0 Å². The van der Waals surface area contributed by atoms with Crippen molar-refractivity contribution in [2.75, 3.05) is 7.05 Å². The first kappa shape index (κ1) is 17.0. The Morgan fingerprint density at radius 3 is 2.15 bits per heavy atom. The van der Waals surface area contributed by atoms with Crippen LogP contribution in [0.4, 0.5) is 0 Å². The second-order valence-corrected chi connectivity index (χ2v) is 6.22. The van der Waals surface area contributed by atoms with Crippen LogP contribution in [-0.4, -0.2) is 36.5 Å². The zero-order valence-electron chi connectivity index (χ0n) is 13.2. The topological polar surface area (TPSA) is 70.2 Å². The first-order valence-electron chi connectivity index (χ1n) is 7.67. The molecule has 0 radical (unpaired) electrons. The van der Waals surface area contributed by atoms with E-state index in [2.05, 4.69) is 16.0 Å². The van der Waals surface area contributed by atoms with Crippen LogP contribution in [0, 0.1) is 0 Å². The summed E-state index contributed by atoms with van der Waals surface area (Å²) in [7, 11) is 1.92. The summed E-state index contributed by atoms with van der Waals surface area (Å²) in [6.07, 6.45) is 6.09. The van der Waals surface area contributed by atoms with E-state index in [1.807, 2.05) is 20.9 Å². The second-order valence-electron chi connectivity index (χ2n) is 6.22. The lowest BCUT2D eigenvalue weighted by molar-refractivity contribution is -0.129. The minimum Gasteiger partial charge on any atom is -0.352 e. The van der Waals surface area contributed by atoms with Crippen molar-refractivity contribution >= 4 is 11.8 Å². The van der Waals surface area contributed by atoms with Crippen molar-refractivity contribution in [3.63, 3.8) is 0 Å². The highest BCUT2D eigenvalue weighted by molar-refractivity contribution is 5.87. The van der Waals surface area contributed by atoms with Crippen LogP contribution in [0.3, 0.4) is 0 Å². The third kappa shape index (κ3) is 5.12. The van der Waals surface area contributed by atoms with Crippen LogP contribution in [0.15, 0.2) is 0 Å². The van der Waals surface area contributed by atoms with E-state index in [0.29, 0.717) is 6.42 Å². The second kappa shape index (κ2) is 7.62. The molecule has 0 bridgehead atoms. The van der Waals surface area contributed by atoms with Crippen LogP contribution in [0.25, 0.3) is 0 Å². The third-order valence-electron chi connectivity index (χ3n) is 4.04. The summed E-state index contributed by atoms with van der Waals surface area (Å²) < 4.78 is 0. The monoisotopic (exact) mass is 283 g/mol. The van der Waals surface area contributed by atoms with Gasteiger partial charge in [0, 0.05) is 18.0 Å². The average Bonchev–Trinajstić information content (AvgIpc) is 2.38. The number of rotatable bonds is 6. The Morgan fingerprint density at radius 2 is 1.65 bits per heavy atom. The maximum absolute atomic E-state index is 12.1. The molecule has 1 aliphatic rings. The fourth-order valence-electron chi connectivity index (χ4n) is 2.82. The molecule has 1 unspecified atom stereocenters. The first-order valence-corrected chi connectivity index (χ1v) is 7.67. The molecule has 0 aromatic heterocycles. The lowest BCUT2D eigenvalue weighted by Crippen LogP contribution is -2.52. The SMILES string of the molecule is CNC1(CC(=O)NC(C)C(=O)NC(C)C)CCCCC1. The Hall–Kier alpha value is -1.10. The smallest absolute Gasteiger partial charge is 0.242 e. The Labute approximate surface area is 122 Å². The molecule has 0 heterocycles. The molecule has 20 heavy (non-hydrogen) atoms. The van der Waals surface area contributed by atoms with Gasteiger partial charge in [-0.3, -0.25) is 9.59 Å². The number of carbonyl (C=O) groups is 2. The van der Waals surface area contributed by atoms with Crippen molar-refractivity contribution < 1.29 is 9.59 Å². The Bertz CT molecular complexity index is 336. The van der Waals surface area contributed by atoms with E-state index < -0.39 is 6.04 Å². The van der Waals surface area contributed by atoms with Crippen LogP contribution in [0.2, 0.25) is 0 Å². The van der Waals surface area contributed by atoms with E-state index in [9.17, 15) is 9.59 Å². The van der Waals surface area contributed by atoms with Gasteiger partial charge in [0.1, 0.15) is 6.04 Å². The molecule has 1 fully saturated rings. The summed E-state index contributed by atoms with van der Waals surface area (Å²) in [6, 6.07) is -0.397. The van der Waals surface area contributed by atoms with Crippen molar-refractivity contribution in [2.45, 2.75) is 76.9 Å². The third-order valence-corrected chi connectivity index (χ3v) is 4.04. The van der Waals surface area contributed by atoms with Gasteiger partial charge in [0.25, 0.3) is 0 Å². The van der Waals surface area contributed by atoms with Gasteiger partial charge in [0.2, 0.25) is 11.8 Å². The summed E-state index contributed by atoms with van der Waals surface area (Å²) >= 11 is 0. The van der Waals surface area contributed by atoms with Gasteiger partial charge in [-0.25, -0.2) is 0 Å². The zero-order valence-corrected chi connectivity index (χ0v) is 13.2. The fourth-order valence-corrected chi connectivity index (χ4v) is 2.82. The Morgan fingerprint density at radius 1 is 1.05 bits per heavy atom. The first-order chi connectivity index (χ1) is 9.38. The molecule has 2 amide bonds. The van der Waals surface area contributed by atoms with Gasteiger partial charge in [-0.1, -0.05) is 19.3 Å². The quantitative estimate of drug-likeness (QED) is 0.689. The minimum atomic E-state index is -0.484. The molecule has 1 saturated carbocycles. The van der Waals surface area contributed by atoms with Crippen molar-refractivity contribution in [1.29, 1.82) is 0 Å². The van der Waals surface area contributed by atoms with Crippen LogP contribution in [-0.2, 0) is 9.59 Å². The molecular weight excluding hydrogens is 254 g/mol. The Kier molecular flexibility index (Phi) is 6.46. The van der Waals surface area contributed by atoms with Crippen molar-refractivity contribution in [2.24, 2.45) is 0 Å². The Balaban J connectivity index is 2.47. The zero-order chi connectivity index (χ0) is 15.2. The lowest BCUT2D eigenvalue weighted by Gasteiger charge is -2.36.